The number of likely N-dealkylation sites (N-methyl/N-ethyl adjacent to an activating group) is 1. The number of rotatable bonds is 3. The van der Waals surface area contributed by atoms with Crippen LogP contribution in [0.4, 0.5) is 5.69 Å². The molecule has 1 atom stereocenters. The normalized spacial score (nSPS) is 18.5. The smallest absolute Gasteiger partial charge is 0.264 e. The van der Waals surface area contributed by atoms with Crippen molar-refractivity contribution in [2.45, 2.75) is 13.0 Å². The zero-order valence-corrected chi connectivity index (χ0v) is 13.6. The molecular weight excluding hydrogens is 316 g/mol. The first-order valence-corrected chi connectivity index (χ1v) is 8.21. The molecule has 0 saturated carbocycles. The summed E-state index contributed by atoms with van der Waals surface area (Å²) in [6, 6.07) is 4.39. The van der Waals surface area contributed by atoms with Gasteiger partial charge >= 0.3 is 0 Å². The quantitative estimate of drug-likeness (QED) is 0.788. The molecule has 7 heteroatoms. The molecule has 0 aromatic heterocycles. The van der Waals surface area contributed by atoms with E-state index < -0.39 is 6.04 Å². The number of carbonyl (C=O) groups is 3. The maximum absolute atomic E-state index is 12.7. The van der Waals surface area contributed by atoms with E-state index >= 15 is 0 Å². The first kappa shape index (κ1) is 15.6. The van der Waals surface area contributed by atoms with Gasteiger partial charge in [0.1, 0.15) is 5.75 Å². The van der Waals surface area contributed by atoms with Gasteiger partial charge < -0.3 is 14.5 Å². The molecule has 0 saturated heterocycles. The second kappa shape index (κ2) is 6.08. The van der Waals surface area contributed by atoms with Crippen molar-refractivity contribution in [3.05, 3.63) is 35.4 Å². The van der Waals surface area contributed by atoms with Crippen LogP contribution in [0, 0.1) is 0 Å². The first-order chi connectivity index (χ1) is 11.0. The van der Waals surface area contributed by atoms with Crippen molar-refractivity contribution in [2.24, 2.45) is 0 Å². The fourth-order valence-electron chi connectivity index (χ4n) is 2.52. The lowest BCUT2D eigenvalue weighted by molar-refractivity contribution is -0.127. The molecule has 1 aromatic rings. The van der Waals surface area contributed by atoms with E-state index in [-0.39, 0.29) is 24.2 Å². The van der Waals surface area contributed by atoms with Crippen LogP contribution < -0.4 is 9.64 Å². The summed E-state index contributed by atoms with van der Waals surface area (Å²) in [7, 11) is 1.65. The van der Waals surface area contributed by atoms with Crippen LogP contribution in [0.2, 0.25) is 0 Å². The van der Waals surface area contributed by atoms with Gasteiger partial charge in [-0.15, -0.1) is 11.8 Å². The Morgan fingerprint density at radius 1 is 1.30 bits per heavy atom. The van der Waals surface area contributed by atoms with Gasteiger partial charge in [-0.25, -0.2) is 0 Å². The number of benzene rings is 1. The number of hydrogen-bond donors (Lipinski definition) is 0. The van der Waals surface area contributed by atoms with Crippen LogP contribution in [0.15, 0.2) is 29.8 Å². The predicted molar refractivity (Wildman–Crippen MR) is 87.6 cm³/mol. The van der Waals surface area contributed by atoms with Crippen LogP contribution in [0.1, 0.15) is 17.3 Å². The Morgan fingerprint density at radius 2 is 2.09 bits per heavy atom. The molecule has 2 amide bonds. The molecule has 2 aliphatic rings. The number of hydrogen-bond acceptors (Lipinski definition) is 5. The molecule has 3 rings (SSSR count). The Hall–Kier alpha value is -2.28. The summed E-state index contributed by atoms with van der Waals surface area (Å²) < 4.78 is 5.35. The van der Waals surface area contributed by atoms with Crippen molar-refractivity contribution >= 4 is 35.0 Å². The maximum Gasteiger partial charge on any atom is 0.264 e. The Kier molecular flexibility index (Phi) is 4.12. The number of thioether (sulfide) groups is 1. The minimum atomic E-state index is -0.594. The van der Waals surface area contributed by atoms with Crippen LogP contribution >= 0.6 is 11.8 Å². The molecule has 0 radical (unpaired) electrons. The van der Waals surface area contributed by atoms with Gasteiger partial charge in [0.2, 0.25) is 5.91 Å². The Morgan fingerprint density at radius 3 is 2.83 bits per heavy atom. The van der Waals surface area contributed by atoms with Gasteiger partial charge in [-0.1, -0.05) is 0 Å². The standard InChI is InChI=1S/C16H16N2O4S/c1-10(18-5-6-23-9-15(18)20)16(21)11-3-4-13-12(7-11)17(2)14(19)8-22-13/h3-7,10H,8-9H2,1-2H3. The fraction of sp³-hybridized carbons (Fsp3) is 0.312. The molecule has 2 aliphatic heterocycles. The van der Waals surface area contributed by atoms with Crippen molar-refractivity contribution in [3.8, 4) is 5.75 Å². The second-order valence-corrected chi connectivity index (χ2v) is 6.26. The lowest BCUT2D eigenvalue weighted by atomic mass is 10.0. The number of Topliss-reactive ketones (excluding diaryl/α,β-unsaturated/α-hetero) is 1. The van der Waals surface area contributed by atoms with Gasteiger partial charge in [-0.2, -0.15) is 0 Å². The molecule has 0 aliphatic carbocycles. The number of fused-ring (bicyclic) bond motifs is 1. The van der Waals surface area contributed by atoms with E-state index in [0.717, 1.165) is 0 Å². The van der Waals surface area contributed by atoms with Gasteiger partial charge in [0, 0.05) is 18.8 Å². The van der Waals surface area contributed by atoms with E-state index in [9.17, 15) is 14.4 Å². The monoisotopic (exact) mass is 332 g/mol. The number of ketones is 1. The minimum Gasteiger partial charge on any atom is -0.482 e. The van der Waals surface area contributed by atoms with Gasteiger partial charge in [0.25, 0.3) is 5.91 Å². The third-order valence-electron chi connectivity index (χ3n) is 3.94. The molecule has 120 valence electrons. The van der Waals surface area contributed by atoms with Gasteiger partial charge in [-0.05, 0) is 30.5 Å². The zero-order valence-electron chi connectivity index (χ0n) is 12.8. The highest BCUT2D eigenvalue weighted by Gasteiger charge is 2.28. The number of ether oxygens (including phenoxy) is 1. The third kappa shape index (κ3) is 2.84. The largest absolute Gasteiger partial charge is 0.482 e. The molecular formula is C16H16N2O4S. The lowest BCUT2D eigenvalue weighted by Gasteiger charge is -2.28. The molecule has 0 bridgehead atoms. The van der Waals surface area contributed by atoms with Crippen molar-refractivity contribution < 1.29 is 19.1 Å². The number of carbonyl (C=O) groups excluding carboxylic acids is 3. The van der Waals surface area contributed by atoms with Crippen molar-refractivity contribution in [2.75, 3.05) is 24.3 Å². The van der Waals surface area contributed by atoms with Crippen LogP contribution in [0.5, 0.6) is 5.75 Å². The van der Waals surface area contributed by atoms with E-state index in [1.807, 2.05) is 0 Å². The number of nitrogens with zero attached hydrogens (tertiary/aromatic N) is 2. The van der Waals surface area contributed by atoms with Gasteiger partial charge in [0.15, 0.2) is 12.4 Å². The van der Waals surface area contributed by atoms with Crippen LogP contribution in [0.3, 0.4) is 0 Å². The summed E-state index contributed by atoms with van der Waals surface area (Å²) >= 11 is 1.41. The first-order valence-electron chi connectivity index (χ1n) is 7.16. The van der Waals surface area contributed by atoms with E-state index in [0.29, 0.717) is 22.8 Å². The van der Waals surface area contributed by atoms with E-state index in [4.69, 9.17) is 4.74 Å². The van der Waals surface area contributed by atoms with E-state index in [1.165, 1.54) is 21.6 Å². The van der Waals surface area contributed by atoms with Crippen LogP contribution in [-0.4, -0.2) is 47.9 Å². The summed E-state index contributed by atoms with van der Waals surface area (Å²) in [5.41, 5.74) is 1.01. The molecule has 1 unspecified atom stereocenters. The van der Waals surface area contributed by atoms with E-state index in [2.05, 4.69) is 0 Å². The zero-order chi connectivity index (χ0) is 16.6. The van der Waals surface area contributed by atoms with Gasteiger partial charge in [-0.3, -0.25) is 14.4 Å². The summed E-state index contributed by atoms with van der Waals surface area (Å²) in [4.78, 5) is 39.2. The highest BCUT2D eigenvalue weighted by atomic mass is 32.2. The maximum atomic E-state index is 12.7. The number of amides is 2. The summed E-state index contributed by atoms with van der Waals surface area (Å²) in [5.74, 6) is 0.475. The highest BCUT2D eigenvalue weighted by molar-refractivity contribution is 8.02. The Bertz CT molecular complexity index is 716. The predicted octanol–water partition coefficient (Wildman–Crippen LogP) is 1.66. The highest BCUT2D eigenvalue weighted by Crippen LogP contribution is 2.32. The minimum absolute atomic E-state index is 0.00205. The van der Waals surface area contributed by atoms with Crippen molar-refractivity contribution in [1.82, 2.24) is 4.90 Å². The third-order valence-corrected chi connectivity index (χ3v) is 4.67. The SMILES string of the molecule is CC(C(=O)c1ccc2c(c1)N(C)C(=O)CO2)N1C=CSCC1=O. The van der Waals surface area contributed by atoms with Crippen molar-refractivity contribution in [3.63, 3.8) is 0 Å². The molecule has 6 nitrogen and oxygen atoms in total. The molecule has 0 fully saturated rings. The summed E-state index contributed by atoms with van der Waals surface area (Å²) in [6.07, 6.45) is 1.64. The van der Waals surface area contributed by atoms with Crippen molar-refractivity contribution in [1.29, 1.82) is 0 Å². The Balaban J connectivity index is 1.88. The van der Waals surface area contributed by atoms with Crippen LogP contribution in [-0.2, 0) is 9.59 Å². The molecule has 1 aromatic carbocycles. The van der Waals surface area contributed by atoms with Crippen LogP contribution in [0.25, 0.3) is 0 Å². The molecule has 0 spiro atoms. The van der Waals surface area contributed by atoms with Gasteiger partial charge in [0.05, 0.1) is 17.5 Å². The number of anilines is 1. The molecule has 23 heavy (non-hydrogen) atoms. The lowest BCUT2D eigenvalue weighted by Crippen LogP contribution is -2.41. The molecule has 2 heterocycles. The average Bonchev–Trinajstić information content (AvgIpc) is 2.57. The second-order valence-electron chi connectivity index (χ2n) is 5.36. The summed E-state index contributed by atoms with van der Waals surface area (Å²) in [6.45, 7) is 1.70. The fourth-order valence-corrected chi connectivity index (χ4v) is 3.13. The van der Waals surface area contributed by atoms with E-state index in [1.54, 1.807) is 43.8 Å². The molecule has 0 N–H and O–H groups in total. The summed E-state index contributed by atoms with van der Waals surface area (Å²) in [5, 5.41) is 1.80. The average molecular weight is 332 g/mol. The Labute approximate surface area is 138 Å². The topological polar surface area (TPSA) is 66.9 Å².